The molecule has 0 nitrogen and oxygen atoms in total. The number of rotatable bonds is 4. The molecule has 0 amide bonds. The van der Waals surface area contributed by atoms with E-state index in [0.29, 0.717) is 17.0 Å². The van der Waals surface area contributed by atoms with E-state index in [1.165, 1.54) is 12.1 Å². The molecular formula is C10H9BrClF3S. The van der Waals surface area contributed by atoms with Crippen molar-refractivity contribution in [1.82, 2.24) is 0 Å². The summed E-state index contributed by atoms with van der Waals surface area (Å²) in [6.07, 6.45) is 1.30. The summed E-state index contributed by atoms with van der Waals surface area (Å²) >= 11 is 9.04. The summed E-state index contributed by atoms with van der Waals surface area (Å²) in [5, 5.41) is 1.14. The van der Waals surface area contributed by atoms with Crippen LogP contribution in [0.3, 0.4) is 0 Å². The summed E-state index contributed by atoms with van der Waals surface area (Å²) in [6, 6.07) is 4.60. The first-order valence-corrected chi connectivity index (χ1v) is 6.84. The first kappa shape index (κ1) is 14.2. The number of alkyl halides is 4. The van der Waals surface area contributed by atoms with E-state index in [2.05, 4.69) is 15.9 Å². The molecule has 16 heavy (non-hydrogen) atoms. The van der Waals surface area contributed by atoms with Crippen LogP contribution in [0.15, 0.2) is 23.1 Å². The zero-order valence-electron chi connectivity index (χ0n) is 8.15. The highest BCUT2D eigenvalue weighted by molar-refractivity contribution is 9.09. The van der Waals surface area contributed by atoms with Gasteiger partial charge in [0.25, 0.3) is 0 Å². The average Bonchev–Trinajstić information content (AvgIpc) is 2.14. The minimum Gasteiger partial charge on any atom is -0.160 e. The molecule has 0 spiro atoms. The third kappa shape index (κ3) is 4.55. The lowest BCUT2D eigenvalue weighted by Gasteiger charge is -2.12. The van der Waals surface area contributed by atoms with Gasteiger partial charge in [-0.1, -0.05) is 33.6 Å². The van der Waals surface area contributed by atoms with E-state index >= 15 is 0 Å². The molecule has 6 heteroatoms. The van der Waals surface area contributed by atoms with Gasteiger partial charge in [-0.05, 0) is 42.3 Å². The fourth-order valence-electron chi connectivity index (χ4n) is 1.25. The Balaban J connectivity index is 2.93. The lowest BCUT2D eigenvalue weighted by molar-refractivity contribution is -0.0328. The van der Waals surface area contributed by atoms with Gasteiger partial charge in [0, 0.05) is 15.2 Å². The van der Waals surface area contributed by atoms with Gasteiger partial charge < -0.3 is 0 Å². The first-order chi connectivity index (χ1) is 7.44. The minimum absolute atomic E-state index is 0.108. The van der Waals surface area contributed by atoms with Crippen LogP contribution in [0.4, 0.5) is 13.2 Å². The molecular weight excluding hydrogens is 325 g/mol. The lowest BCUT2D eigenvalue weighted by Crippen LogP contribution is -2.01. The molecule has 0 fully saturated rings. The minimum atomic E-state index is -4.27. The molecule has 0 bridgehead atoms. The maximum absolute atomic E-state index is 12.3. The lowest BCUT2D eigenvalue weighted by atomic mass is 10.1. The SMILES string of the molecule is FC(F)(F)Sc1cccc(Cl)c1CCCBr. The molecule has 0 heterocycles. The Kier molecular flexibility index (Phi) is 5.47. The Morgan fingerprint density at radius 1 is 1.31 bits per heavy atom. The molecule has 0 aliphatic carbocycles. The molecule has 0 aliphatic heterocycles. The van der Waals surface area contributed by atoms with E-state index in [1.807, 2.05) is 0 Å². The number of thioether (sulfide) groups is 1. The second kappa shape index (κ2) is 6.17. The van der Waals surface area contributed by atoms with Gasteiger partial charge in [-0.2, -0.15) is 13.2 Å². The van der Waals surface area contributed by atoms with Gasteiger partial charge in [0.05, 0.1) is 0 Å². The molecule has 1 rings (SSSR count). The third-order valence-electron chi connectivity index (χ3n) is 1.86. The van der Waals surface area contributed by atoms with E-state index in [1.54, 1.807) is 6.07 Å². The van der Waals surface area contributed by atoms with Crippen molar-refractivity contribution < 1.29 is 13.2 Å². The largest absolute Gasteiger partial charge is 0.446 e. The number of benzene rings is 1. The highest BCUT2D eigenvalue weighted by Crippen LogP contribution is 2.40. The summed E-state index contributed by atoms with van der Waals surface area (Å²) in [4.78, 5) is 0.195. The Morgan fingerprint density at radius 2 is 2.00 bits per heavy atom. The van der Waals surface area contributed by atoms with E-state index < -0.39 is 5.51 Å². The Morgan fingerprint density at radius 3 is 2.56 bits per heavy atom. The average molecular weight is 334 g/mol. The zero-order valence-corrected chi connectivity index (χ0v) is 11.3. The van der Waals surface area contributed by atoms with Crippen LogP contribution < -0.4 is 0 Å². The van der Waals surface area contributed by atoms with E-state index in [0.717, 1.165) is 11.8 Å². The summed E-state index contributed by atoms with van der Waals surface area (Å²) in [6.45, 7) is 0. The molecule has 0 radical (unpaired) electrons. The zero-order chi connectivity index (χ0) is 12.2. The normalized spacial score (nSPS) is 11.8. The molecule has 0 saturated carbocycles. The van der Waals surface area contributed by atoms with Crippen molar-refractivity contribution in [3.05, 3.63) is 28.8 Å². The van der Waals surface area contributed by atoms with Crippen LogP contribution in [0, 0.1) is 0 Å². The highest BCUT2D eigenvalue weighted by Gasteiger charge is 2.30. The van der Waals surface area contributed by atoms with Gasteiger partial charge in [-0.25, -0.2) is 0 Å². The van der Waals surface area contributed by atoms with Crippen molar-refractivity contribution in [2.75, 3.05) is 5.33 Å². The monoisotopic (exact) mass is 332 g/mol. The Bertz CT molecular complexity index is 354. The summed E-state index contributed by atoms with van der Waals surface area (Å²) in [7, 11) is 0. The predicted molar refractivity (Wildman–Crippen MR) is 65.5 cm³/mol. The molecule has 90 valence electrons. The molecule has 0 aliphatic rings. The summed E-state index contributed by atoms with van der Waals surface area (Å²) < 4.78 is 36.9. The standard InChI is InChI=1S/C10H9BrClF3S/c11-6-2-3-7-8(12)4-1-5-9(7)16-10(13,14)15/h1,4-5H,2-3,6H2. The number of hydrogen-bond acceptors (Lipinski definition) is 1. The smallest absolute Gasteiger partial charge is 0.160 e. The molecule has 0 N–H and O–H groups in total. The van der Waals surface area contributed by atoms with Crippen LogP contribution in [0.2, 0.25) is 5.02 Å². The van der Waals surface area contributed by atoms with Crippen LogP contribution >= 0.6 is 39.3 Å². The van der Waals surface area contributed by atoms with Crippen molar-refractivity contribution in [1.29, 1.82) is 0 Å². The maximum atomic E-state index is 12.3. The fraction of sp³-hybridized carbons (Fsp3) is 0.400. The van der Waals surface area contributed by atoms with Gasteiger partial charge in [0.15, 0.2) is 0 Å². The first-order valence-electron chi connectivity index (χ1n) is 4.53. The van der Waals surface area contributed by atoms with Crippen LogP contribution in [0.25, 0.3) is 0 Å². The molecule has 0 saturated heterocycles. The molecule has 0 atom stereocenters. The van der Waals surface area contributed by atoms with Crippen molar-refractivity contribution in [2.24, 2.45) is 0 Å². The van der Waals surface area contributed by atoms with E-state index in [9.17, 15) is 13.2 Å². The summed E-state index contributed by atoms with van der Waals surface area (Å²) in [5.74, 6) is 0. The number of halogens is 5. The quantitative estimate of drug-likeness (QED) is 0.533. The molecule has 1 aromatic rings. The van der Waals surface area contributed by atoms with Gasteiger partial charge in [-0.15, -0.1) is 0 Å². The van der Waals surface area contributed by atoms with Gasteiger partial charge in [-0.3, -0.25) is 0 Å². The maximum Gasteiger partial charge on any atom is 0.446 e. The fourth-order valence-corrected chi connectivity index (χ4v) is 2.58. The molecule has 0 unspecified atom stereocenters. The second-order valence-electron chi connectivity index (χ2n) is 3.06. The highest BCUT2D eigenvalue weighted by atomic mass is 79.9. The van der Waals surface area contributed by atoms with Gasteiger partial charge in [0.2, 0.25) is 0 Å². The van der Waals surface area contributed by atoms with Crippen molar-refractivity contribution in [2.45, 2.75) is 23.2 Å². The van der Waals surface area contributed by atoms with Gasteiger partial charge >= 0.3 is 5.51 Å². The third-order valence-corrected chi connectivity index (χ3v) is 3.61. The Hall–Kier alpha value is 0.130. The van der Waals surface area contributed by atoms with Crippen LogP contribution in [-0.2, 0) is 6.42 Å². The van der Waals surface area contributed by atoms with Crippen molar-refractivity contribution >= 4 is 39.3 Å². The van der Waals surface area contributed by atoms with E-state index in [4.69, 9.17) is 11.6 Å². The van der Waals surface area contributed by atoms with Crippen LogP contribution in [0.1, 0.15) is 12.0 Å². The predicted octanol–water partition coefficient (Wildman–Crippen LogP) is 5.28. The molecule has 0 aromatic heterocycles. The van der Waals surface area contributed by atoms with Crippen LogP contribution in [0.5, 0.6) is 0 Å². The second-order valence-corrected chi connectivity index (χ2v) is 5.36. The van der Waals surface area contributed by atoms with Gasteiger partial charge in [0.1, 0.15) is 0 Å². The van der Waals surface area contributed by atoms with Crippen molar-refractivity contribution in [3.8, 4) is 0 Å². The number of hydrogen-bond donors (Lipinski definition) is 0. The van der Waals surface area contributed by atoms with E-state index in [-0.39, 0.29) is 16.7 Å². The topological polar surface area (TPSA) is 0 Å². The van der Waals surface area contributed by atoms with Crippen LogP contribution in [-0.4, -0.2) is 10.8 Å². The summed E-state index contributed by atoms with van der Waals surface area (Å²) in [5.41, 5.74) is -3.70. The van der Waals surface area contributed by atoms with Crippen molar-refractivity contribution in [3.63, 3.8) is 0 Å². The molecule has 1 aromatic carbocycles. The Labute approximate surface area is 110 Å².